The molecule has 0 saturated carbocycles. The lowest BCUT2D eigenvalue weighted by Gasteiger charge is -2.20. The van der Waals surface area contributed by atoms with Crippen LogP contribution in [0.4, 0.5) is 17.3 Å². The molecule has 0 unspecified atom stereocenters. The van der Waals surface area contributed by atoms with Gasteiger partial charge in [0.15, 0.2) is 21.6 Å². The minimum Gasteiger partial charge on any atom is -0.504 e. The van der Waals surface area contributed by atoms with Gasteiger partial charge in [0.1, 0.15) is 5.76 Å². The number of aromatic nitrogens is 2. The molecule has 0 aliphatic heterocycles. The Kier molecular flexibility index (Phi) is 17.6. The third kappa shape index (κ3) is 14.0. The van der Waals surface area contributed by atoms with E-state index in [0.717, 1.165) is 79.8 Å². The lowest BCUT2D eigenvalue weighted by molar-refractivity contribution is 0.260. The average molecular weight is 670 g/mol. The van der Waals surface area contributed by atoms with Gasteiger partial charge < -0.3 is 30.0 Å². The summed E-state index contributed by atoms with van der Waals surface area (Å²) in [5, 5.41) is 18.3. The van der Waals surface area contributed by atoms with Gasteiger partial charge in [-0.3, -0.25) is 0 Å². The molecule has 44 heavy (non-hydrogen) atoms. The molecule has 0 amide bonds. The summed E-state index contributed by atoms with van der Waals surface area (Å²) < 4.78 is 41.9. The molecule has 0 saturated heterocycles. The molecule has 4 N–H and O–H groups in total. The Hall–Kier alpha value is -2.67. The number of thiophene rings is 1. The Labute approximate surface area is 272 Å². The van der Waals surface area contributed by atoms with Crippen LogP contribution in [-0.2, 0) is 23.0 Å². The fourth-order valence-electron chi connectivity index (χ4n) is 3.72. The zero-order valence-corrected chi connectivity index (χ0v) is 29.9. The van der Waals surface area contributed by atoms with Crippen LogP contribution in [0.1, 0.15) is 72.1 Å². The zero-order chi connectivity index (χ0) is 33.3. The second-order valence-electron chi connectivity index (χ2n) is 11.4. The van der Waals surface area contributed by atoms with Crippen LogP contribution in [0.2, 0.25) is 0 Å². The van der Waals surface area contributed by atoms with E-state index in [1.165, 1.54) is 11.8 Å². The highest BCUT2D eigenvalue weighted by molar-refractivity contribution is 7.91. The second-order valence-corrected chi connectivity index (χ2v) is 14.7. The molecule has 0 spiro atoms. The fourth-order valence-corrected chi connectivity index (χ4v) is 6.86. The van der Waals surface area contributed by atoms with Crippen LogP contribution >= 0.6 is 23.1 Å². The molecule has 0 bridgehead atoms. The van der Waals surface area contributed by atoms with Crippen molar-refractivity contribution in [3.8, 4) is 18.6 Å². The molecule has 11 nitrogen and oxygen atoms in total. The zero-order valence-electron chi connectivity index (χ0n) is 27.4. The molecule has 0 fully saturated rings. The summed E-state index contributed by atoms with van der Waals surface area (Å²) in [7, 11) is 0.451. The summed E-state index contributed by atoms with van der Waals surface area (Å²) in [5.41, 5.74) is 0.733. The molecule has 0 aromatic carbocycles. The topological polar surface area (TPSA) is 136 Å². The van der Waals surface area contributed by atoms with Crippen LogP contribution in [0.5, 0.6) is 5.75 Å². The van der Waals surface area contributed by atoms with Crippen molar-refractivity contribution in [1.29, 1.82) is 0 Å². The number of hydrogen-bond donors (Lipinski definition) is 4. The van der Waals surface area contributed by atoms with Gasteiger partial charge in [-0.15, -0.1) is 24.2 Å². The van der Waals surface area contributed by atoms with Gasteiger partial charge in [-0.2, -0.15) is 8.75 Å². The number of sulfonamides is 1. The highest BCUT2D eigenvalue weighted by Gasteiger charge is 2.28. The number of aromatic hydroxyl groups is 1. The largest absolute Gasteiger partial charge is 0.504 e. The molecule has 14 heteroatoms. The van der Waals surface area contributed by atoms with Crippen molar-refractivity contribution in [1.82, 2.24) is 23.3 Å². The van der Waals surface area contributed by atoms with Gasteiger partial charge in [-0.25, -0.2) is 13.1 Å². The van der Waals surface area contributed by atoms with Crippen molar-refractivity contribution in [3.63, 3.8) is 0 Å². The molecule has 0 radical (unpaired) electrons. The summed E-state index contributed by atoms with van der Waals surface area (Å²) in [6, 6.07) is 2.05. The first-order valence-electron chi connectivity index (χ1n) is 14.7. The van der Waals surface area contributed by atoms with E-state index in [-0.39, 0.29) is 15.6 Å². The predicted octanol–water partition coefficient (Wildman–Crippen LogP) is 6.20. The molecule has 3 aromatic rings. The SMILES string of the molecule is C#C.CCC.CCN(C)CCN(C)CCCCc1coc(CNc2nsnc2Nc2csc(S(=O)(=O)NC(C)(C)C)c2O)c1. The maximum atomic E-state index is 12.6. The Morgan fingerprint density at radius 3 is 2.30 bits per heavy atom. The number of nitrogens with zero attached hydrogens (tertiary/aromatic N) is 4. The summed E-state index contributed by atoms with van der Waals surface area (Å²) in [4.78, 5) is 4.70. The summed E-state index contributed by atoms with van der Waals surface area (Å²) in [6.07, 6.45) is 14.2. The van der Waals surface area contributed by atoms with Gasteiger partial charge in [-0.05, 0) is 78.8 Å². The summed E-state index contributed by atoms with van der Waals surface area (Å²) in [5.74, 6) is 1.30. The molecular weight excluding hydrogens is 619 g/mol. The van der Waals surface area contributed by atoms with Crippen LogP contribution in [0.15, 0.2) is 26.3 Å². The number of likely N-dealkylation sites (N-methyl/N-ethyl adjacent to an activating group) is 2. The number of hydrogen-bond acceptors (Lipinski definition) is 12. The molecule has 0 aliphatic rings. The van der Waals surface area contributed by atoms with Gasteiger partial charge >= 0.3 is 0 Å². The van der Waals surface area contributed by atoms with Crippen molar-refractivity contribution >= 4 is 50.4 Å². The Balaban J connectivity index is 0.00000182. The predicted molar refractivity (Wildman–Crippen MR) is 185 cm³/mol. The van der Waals surface area contributed by atoms with E-state index in [0.29, 0.717) is 18.2 Å². The molecular formula is C30H51N7O4S3. The number of aryl methyl sites for hydroxylation is 1. The quantitative estimate of drug-likeness (QED) is 0.103. The Morgan fingerprint density at radius 2 is 1.66 bits per heavy atom. The molecule has 3 aromatic heterocycles. The van der Waals surface area contributed by atoms with E-state index in [1.807, 2.05) is 6.07 Å². The van der Waals surface area contributed by atoms with Crippen molar-refractivity contribution in [2.75, 3.05) is 50.9 Å². The van der Waals surface area contributed by atoms with Crippen molar-refractivity contribution in [2.45, 2.75) is 83.5 Å². The van der Waals surface area contributed by atoms with Crippen LogP contribution in [0, 0.1) is 12.8 Å². The number of nitrogens with one attached hydrogen (secondary N) is 3. The second kappa shape index (κ2) is 19.7. The van der Waals surface area contributed by atoms with Crippen molar-refractivity contribution in [2.24, 2.45) is 0 Å². The first kappa shape index (κ1) is 39.4. The summed E-state index contributed by atoms with van der Waals surface area (Å²) >= 11 is 1.93. The third-order valence-corrected chi connectivity index (χ3v) is 9.75. The van der Waals surface area contributed by atoms with Crippen LogP contribution in [-0.4, -0.2) is 77.9 Å². The van der Waals surface area contributed by atoms with E-state index in [9.17, 15) is 13.5 Å². The van der Waals surface area contributed by atoms with Crippen LogP contribution < -0.4 is 15.4 Å². The Bertz CT molecular complexity index is 1340. The highest BCUT2D eigenvalue weighted by Crippen LogP contribution is 2.40. The lowest BCUT2D eigenvalue weighted by atomic mass is 10.1. The van der Waals surface area contributed by atoms with Gasteiger partial charge in [0, 0.05) is 24.0 Å². The van der Waals surface area contributed by atoms with E-state index in [4.69, 9.17) is 4.42 Å². The van der Waals surface area contributed by atoms with E-state index in [2.05, 4.69) is 81.6 Å². The average Bonchev–Trinajstić information content (AvgIpc) is 3.70. The van der Waals surface area contributed by atoms with Crippen LogP contribution in [0.3, 0.4) is 0 Å². The van der Waals surface area contributed by atoms with Crippen molar-refractivity contribution < 1.29 is 17.9 Å². The number of anilines is 3. The molecule has 3 rings (SSSR count). The van der Waals surface area contributed by atoms with Crippen LogP contribution in [0.25, 0.3) is 0 Å². The molecule has 248 valence electrons. The number of terminal acetylenes is 1. The first-order valence-corrected chi connectivity index (χ1v) is 17.8. The molecule has 0 aliphatic carbocycles. The summed E-state index contributed by atoms with van der Waals surface area (Å²) in [6.45, 7) is 16.4. The van der Waals surface area contributed by atoms with Gasteiger partial charge in [0.05, 0.1) is 30.2 Å². The van der Waals surface area contributed by atoms with Gasteiger partial charge in [-0.1, -0.05) is 27.2 Å². The maximum absolute atomic E-state index is 12.6. The van der Waals surface area contributed by atoms with Gasteiger partial charge in [0.25, 0.3) is 10.0 Å². The maximum Gasteiger partial charge on any atom is 0.254 e. The van der Waals surface area contributed by atoms with E-state index in [1.54, 1.807) is 27.0 Å². The standard InChI is InChI=1S/C25H41N7O4S3.C3H8.C2H2/c1-7-31(5)12-13-32(6)11-9-8-10-18-14-19(36-16-18)15-26-22-23(29-38-28-22)27-20-17-37-24(21(20)33)39(34,35)30-25(2,3)4;1-3-2;1-2/h14,16-17,30,33H,7-13,15H2,1-6H3,(H,26,28)(H,27,29);3H2,1-2H3;1-2H. The van der Waals surface area contributed by atoms with Gasteiger partial charge in [0.2, 0.25) is 0 Å². The fraction of sp³-hybridized carbons (Fsp3) is 0.600. The highest BCUT2D eigenvalue weighted by atomic mass is 32.2. The monoisotopic (exact) mass is 669 g/mol. The number of rotatable bonds is 16. The minimum atomic E-state index is -3.87. The minimum absolute atomic E-state index is 0.156. The number of unbranched alkanes of at least 4 members (excludes halogenated alkanes) is 1. The lowest BCUT2D eigenvalue weighted by Crippen LogP contribution is -2.40. The molecule has 3 heterocycles. The Morgan fingerprint density at radius 1 is 1.02 bits per heavy atom. The normalized spacial score (nSPS) is 11.5. The number of furan rings is 1. The van der Waals surface area contributed by atoms with Crippen molar-refractivity contribution in [3.05, 3.63) is 29.0 Å². The van der Waals surface area contributed by atoms with E-state index >= 15 is 0 Å². The smallest absolute Gasteiger partial charge is 0.254 e. The third-order valence-electron chi connectivity index (χ3n) is 5.96. The van der Waals surface area contributed by atoms with E-state index < -0.39 is 15.6 Å². The molecule has 0 atom stereocenters. The first-order chi connectivity index (χ1) is 20.8.